The van der Waals surface area contributed by atoms with Gasteiger partial charge in [0.25, 0.3) is 0 Å². The molecule has 0 saturated carbocycles. The fourth-order valence-corrected chi connectivity index (χ4v) is 2.07. The van der Waals surface area contributed by atoms with Gasteiger partial charge in [-0.05, 0) is 36.6 Å². The summed E-state index contributed by atoms with van der Waals surface area (Å²) in [6, 6.07) is 12.0. The largest absolute Gasteiger partial charge is 0.493 e. The minimum Gasteiger partial charge on any atom is -0.493 e. The third kappa shape index (κ3) is 3.73. The predicted molar refractivity (Wildman–Crippen MR) is 81.4 cm³/mol. The molecule has 2 aromatic rings. The molecule has 0 bridgehead atoms. The van der Waals surface area contributed by atoms with E-state index >= 15 is 0 Å². The molecule has 21 heavy (non-hydrogen) atoms. The Bertz CT molecular complexity index is 601. The average Bonchev–Trinajstić information content (AvgIpc) is 2.51. The van der Waals surface area contributed by atoms with Gasteiger partial charge in [0.2, 0.25) is 0 Å². The highest BCUT2D eigenvalue weighted by Gasteiger charge is 2.15. The van der Waals surface area contributed by atoms with Gasteiger partial charge >= 0.3 is 0 Å². The lowest BCUT2D eigenvalue weighted by atomic mass is 10.0. The minimum atomic E-state index is -0.401. The molecule has 2 rings (SSSR count). The van der Waals surface area contributed by atoms with Crippen LogP contribution in [0, 0.1) is 5.82 Å². The van der Waals surface area contributed by atoms with Crippen molar-refractivity contribution in [2.75, 3.05) is 7.11 Å². The number of hydrogen-bond acceptors (Lipinski definition) is 3. The van der Waals surface area contributed by atoms with Crippen molar-refractivity contribution in [2.45, 2.75) is 25.8 Å². The first-order chi connectivity index (χ1) is 10.2. The topological polar surface area (TPSA) is 44.5 Å². The van der Waals surface area contributed by atoms with E-state index in [0.717, 1.165) is 12.0 Å². The third-order valence-electron chi connectivity index (χ3n) is 3.34. The van der Waals surface area contributed by atoms with Crippen molar-refractivity contribution < 1.29 is 13.9 Å². The van der Waals surface area contributed by atoms with Crippen LogP contribution in [-0.2, 0) is 6.42 Å². The molecule has 0 aromatic heterocycles. The summed E-state index contributed by atoms with van der Waals surface area (Å²) in [5, 5.41) is 0. The van der Waals surface area contributed by atoms with Crippen LogP contribution in [0.5, 0.6) is 17.2 Å². The van der Waals surface area contributed by atoms with E-state index < -0.39 is 5.82 Å². The molecule has 0 fully saturated rings. The second kappa shape index (κ2) is 7.09. The van der Waals surface area contributed by atoms with Crippen LogP contribution in [0.1, 0.15) is 18.9 Å². The van der Waals surface area contributed by atoms with Crippen molar-refractivity contribution in [2.24, 2.45) is 5.73 Å². The van der Waals surface area contributed by atoms with Crippen molar-refractivity contribution in [3.63, 3.8) is 0 Å². The molecule has 0 spiro atoms. The Kier molecular flexibility index (Phi) is 5.17. The van der Waals surface area contributed by atoms with Gasteiger partial charge in [-0.1, -0.05) is 31.2 Å². The van der Waals surface area contributed by atoms with Gasteiger partial charge in [0.05, 0.1) is 7.11 Å². The molecule has 2 N–H and O–H groups in total. The number of para-hydroxylation sites is 3. The number of methoxy groups -OCH3 is 1. The summed E-state index contributed by atoms with van der Waals surface area (Å²) in [4.78, 5) is 0. The fourth-order valence-electron chi connectivity index (χ4n) is 2.07. The van der Waals surface area contributed by atoms with Gasteiger partial charge in [-0.2, -0.15) is 0 Å². The van der Waals surface area contributed by atoms with Gasteiger partial charge in [-0.15, -0.1) is 0 Å². The number of halogens is 1. The number of ether oxygens (including phenoxy) is 2. The summed E-state index contributed by atoms with van der Waals surface area (Å²) in [7, 11) is 1.55. The maximum absolute atomic E-state index is 14.1. The van der Waals surface area contributed by atoms with Crippen LogP contribution >= 0.6 is 0 Å². The minimum absolute atomic E-state index is 0.0215. The van der Waals surface area contributed by atoms with E-state index in [2.05, 4.69) is 0 Å². The van der Waals surface area contributed by atoms with Crippen LogP contribution in [-0.4, -0.2) is 13.2 Å². The Labute approximate surface area is 124 Å². The highest BCUT2D eigenvalue weighted by atomic mass is 19.1. The zero-order chi connectivity index (χ0) is 15.2. The molecule has 0 aliphatic rings. The maximum Gasteiger partial charge on any atom is 0.169 e. The number of nitrogens with two attached hydrogens (primary N) is 1. The normalized spacial score (nSPS) is 12.0. The lowest BCUT2D eigenvalue weighted by molar-refractivity contribution is 0.368. The molecule has 112 valence electrons. The van der Waals surface area contributed by atoms with Crippen LogP contribution in [0.2, 0.25) is 0 Å². The van der Waals surface area contributed by atoms with E-state index in [0.29, 0.717) is 17.9 Å². The molecule has 0 radical (unpaired) electrons. The van der Waals surface area contributed by atoms with Crippen LogP contribution in [0.3, 0.4) is 0 Å². The quantitative estimate of drug-likeness (QED) is 0.877. The van der Waals surface area contributed by atoms with Crippen molar-refractivity contribution in [1.29, 1.82) is 0 Å². The SMILES string of the molecule is CCC(N)Cc1cccc(F)c1Oc1ccccc1OC. The summed E-state index contributed by atoms with van der Waals surface area (Å²) in [6.45, 7) is 2.00. The molecule has 1 unspecified atom stereocenters. The van der Waals surface area contributed by atoms with Crippen LogP contribution in [0.25, 0.3) is 0 Å². The van der Waals surface area contributed by atoms with Gasteiger partial charge in [-0.3, -0.25) is 0 Å². The number of hydrogen-bond donors (Lipinski definition) is 1. The monoisotopic (exact) mass is 289 g/mol. The fraction of sp³-hybridized carbons (Fsp3) is 0.294. The highest BCUT2D eigenvalue weighted by Crippen LogP contribution is 2.34. The van der Waals surface area contributed by atoms with Crippen molar-refractivity contribution in [1.82, 2.24) is 0 Å². The van der Waals surface area contributed by atoms with E-state index in [-0.39, 0.29) is 11.8 Å². The summed E-state index contributed by atoms with van der Waals surface area (Å²) < 4.78 is 25.1. The molecule has 0 heterocycles. The lowest BCUT2D eigenvalue weighted by Gasteiger charge is -2.16. The zero-order valence-electron chi connectivity index (χ0n) is 12.3. The summed E-state index contributed by atoms with van der Waals surface area (Å²) in [5.41, 5.74) is 6.73. The summed E-state index contributed by atoms with van der Waals surface area (Å²) >= 11 is 0. The molecule has 2 aromatic carbocycles. The van der Waals surface area contributed by atoms with E-state index in [9.17, 15) is 4.39 Å². The van der Waals surface area contributed by atoms with Gasteiger partial charge < -0.3 is 15.2 Å². The zero-order valence-corrected chi connectivity index (χ0v) is 12.3. The molecule has 0 aliphatic heterocycles. The Morgan fingerprint density at radius 1 is 1.10 bits per heavy atom. The summed E-state index contributed by atoms with van der Waals surface area (Å²) in [5.74, 6) is 0.857. The molecular weight excluding hydrogens is 269 g/mol. The number of rotatable bonds is 6. The van der Waals surface area contributed by atoms with Crippen molar-refractivity contribution >= 4 is 0 Å². The van der Waals surface area contributed by atoms with Crippen LogP contribution in [0.4, 0.5) is 4.39 Å². The van der Waals surface area contributed by atoms with Crippen LogP contribution in [0.15, 0.2) is 42.5 Å². The second-order valence-electron chi connectivity index (χ2n) is 4.85. The smallest absolute Gasteiger partial charge is 0.169 e. The Balaban J connectivity index is 2.34. The van der Waals surface area contributed by atoms with Gasteiger partial charge in [0, 0.05) is 6.04 Å². The molecule has 0 aliphatic carbocycles. The van der Waals surface area contributed by atoms with E-state index in [4.69, 9.17) is 15.2 Å². The van der Waals surface area contributed by atoms with Gasteiger partial charge in [0.15, 0.2) is 23.1 Å². The van der Waals surface area contributed by atoms with Crippen molar-refractivity contribution in [3.05, 3.63) is 53.8 Å². The molecular formula is C17H20FNO2. The Morgan fingerprint density at radius 2 is 1.81 bits per heavy atom. The standard InChI is InChI=1S/C17H20FNO2/c1-3-13(19)11-12-7-6-8-14(18)17(12)21-16-10-5-4-9-15(16)20-2/h4-10,13H,3,11,19H2,1-2H3. The first-order valence-corrected chi connectivity index (χ1v) is 6.99. The molecule has 4 heteroatoms. The third-order valence-corrected chi connectivity index (χ3v) is 3.34. The van der Waals surface area contributed by atoms with E-state index in [1.165, 1.54) is 6.07 Å². The Hall–Kier alpha value is -2.07. The van der Waals surface area contributed by atoms with Crippen LogP contribution < -0.4 is 15.2 Å². The van der Waals surface area contributed by atoms with E-state index in [1.54, 1.807) is 25.3 Å². The van der Waals surface area contributed by atoms with E-state index in [1.807, 2.05) is 25.1 Å². The van der Waals surface area contributed by atoms with Gasteiger partial charge in [0.1, 0.15) is 0 Å². The Morgan fingerprint density at radius 3 is 2.48 bits per heavy atom. The number of benzene rings is 2. The maximum atomic E-state index is 14.1. The lowest BCUT2D eigenvalue weighted by Crippen LogP contribution is -2.21. The average molecular weight is 289 g/mol. The second-order valence-corrected chi connectivity index (χ2v) is 4.85. The molecule has 0 amide bonds. The highest BCUT2D eigenvalue weighted by molar-refractivity contribution is 5.45. The molecule has 0 saturated heterocycles. The first-order valence-electron chi connectivity index (χ1n) is 6.99. The summed E-state index contributed by atoms with van der Waals surface area (Å²) in [6.07, 6.45) is 1.39. The molecule has 3 nitrogen and oxygen atoms in total. The predicted octanol–water partition coefficient (Wildman–Crippen LogP) is 3.91. The van der Waals surface area contributed by atoms with Gasteiger partial charge in [-0.25, -0.2) is 4.39 Å². The van der Waals surface area contributed by atoms with Crippen molar-refractivity contribution in [3.8, 4) is 17.2 Å². The molecule has 1 atom stereocenters. The first kappa shape index (κ1) is 15.3.